The van der Waals surface area contributed by atoms with E-state index in [4.69, 9.17) is 9.47 Å². The molecular weight excluding hydrogens is 326 g/mol. The van der Waals surface area contributed by atoms with Gasteiger partial charge in [0.2, 0.25) is 0 Å². The first-order valence-corrected chi connectivity index (χ1v) is 9.41. The number of aliphatic hydroxyl groups is 1. The normalized spacial score (nSPS) is 13.5. The zero-order chi connectivity index (χ0) is 18.6. The van der Waals surface area contributed by atoms with Crippen LogP contribution in [0.2, 0.25) is 0 Å². The quantitative estimate of drug-likeness (QED) is 0.571. The topological polar surface area (TPSA) is 50.7 Å². The zero-order valence-corrected chi connectivity index (χ0v) is 15.9. The summed E-state index contributed by atoms with van der Waals surface area (Å²) in [5, 5.41) is 13.5. The van der Waals surface area contributed by atoms with Crippen molar-refractivity contribution >= 4 is 0 Å². The largest absolute Gasteiger partial charge is 0.389 e. The Morgan fingerprint density at radius 1 is 1.04 bits per heavy atom. The van der Waals surface area contributed by atoms with Crippen LogP contribution in [0.25, 0.3) is 0 Å². The van der Waals surface area contributed by atoms with Crippen LogP contribution in [-0.2, 0) is 9.47 Å². The van der Waals surface area contributed by atoms with Gasteiger partial charge in [0.15, 0.2) is 0 Å². The van der Waals surface area contributed by atoms with Gasteiger partial charge < -0.3 is 19.9 Å². The zero-order valence-electron chi connectivity index (χ0n) is 15.9. The molecule has 0 spiro atoms. The molecule has 26 heavy (non-hydrogen) atoms. The van der Waals surface area contributed by atoms with E-state index in [9.17, 15) is 5.11 Å². The Kier molecular flexibility index (Phi) is 9.35. The van der Waals surface area contributed by atoms with Gasteiger partial charge in [-0.2, -0.15) is 0 Å². The van der Waals surface area contributed by atoms with Crippen molar-refractivity contribution in [1.29, 1.82) is 0 Å². The minimum Gasteiger partial charge on any atom is -0.389 e. The van der Waals surface area contributed by atoms with Crippen LogP contribution in [0.5, 0.6) is 0 Å². The second-order valence-electron chi connectivity index (χ2n) is 6.39. The molecular formula is C22H31NO3. The fourth-order valence-corrected chi connectivity index (χ4v) is 2.85. The summed E-state index contributed by atoms with van der Waals surface area (Å²) in [7, 11) is 0. The number of hydrogen-bond donors (Lipinski definition) is 2. The van der Waals surface area contributed by atoms with E-state index in [1.165, 1.54) is 5.56 Å². The first-order valence-electron chi connectivity index (χ1n) is 9.41. The highest BCUT2D eigenvalue weighted by molar-refractivity contribution is 5.35. The highest BCUT2D eigenvalue weighted by Gasteiger charge is 2.18. The van der Waals surface area contributed by atoms with Crippen LogP contribution in [0.3, 0.4) is 0 Å². The van der Waals surface area contributed by atoms with Crippen LogP contribution < -0.4 is 5.32 Å². The second kappa shape index (κ2) is 11.8. The van der Waals surface area contributed by atoms with E-state index < -0.39 is 6.10 Å². The predicted octanol–water partition coefficient (Wildman–Crippen LogP) is 3.48. The molecule has 0 heterocycles. The summed E-state index contributed by atoms with van der Waals surface area (Å²) in [5.74, 6) is 0. The lowest BCUT2D eigenvalue weighted by Gasteiger charge is -2.22. The van der Waals surface area contributed by atoms with Gasteiger partial charge in [-0.3, -0.25) is 0 Å². The molecule has 0 aliphatic carbocycles. The highest BCUT2D eigenvalue weighted by Crippen LogP contribution is 2.28. The standard InChI is InChI=1S/C22H31NO3/c1-3-25-15-9-14-23-16-20(24)17-26-22(19-11-5-4-6-12-19)21-13-8-7-10-18(21)2/h4-8,10-13,20,22-24H,3,9,14-17H2,1-2H3/t20-,22+/m1/s1. The van der Waals surface area contributed by atoms with Gasteiger partial charge in [-0.25, -0.2) is 0 Å². The van der Waals surface area contributed by atoms with Crippen molar-refractivity contribution in [1.82, 2.24) is 5.32 Å². The van der Waals surface area contributed by atoms with Crippen molar-refractivity contribution in [2.75, 3.05) is 32.9 Å². The van der Waals surface area contributed by atoms with E-state index in [1.54, 1.807) is 0 Å². The maximum absolute atomic E-state index is 10.2. The fourth-order valence-electron chi connectivity index (χ4n) is 2.85. The molecule has 0 bridgehead atoms. The monoisotopic (exact) mass is 357 g/mol. The van der Waals surface area contributed by atoms with E-state index in [-0.39, 0.29) is 12.7 Å². The number of benzene rings is 2. The number of aryl methyl sites for hydroxylation is 1. The molecule has 0 fully saturated rings. The minimum absolute atomic E-state index is 0.176. The number of rotatable bonds is 12. The van der Waals surface area contributed by atoms with Crippen molar-refractivity contribution in [3.63, 3.8) is 0 Å². The van der Waals surface area contributed by atoms with Crippen molar-refractivity contribution in [2.24, 2.45) is 0 Å². The highest BCUT2D eigenvalue weighted by atomic mass is 16.5. The average molecular weight is 357 g/mol. The summed E-state index contributed by atoms with van der Waals surface area (Å²) in [6, 6.07) is 18.4. The van der Waals surface area contributed by atoms with E-state index in [0.29, 0.717) is 6.54 Å². The van der Waals surface area contributed by atoms with Crippen LogP contribution in [-0.4, -0.2) is 44.1 Å². The first-order chi connectivity index (χ1) is 12.7. The summed E-state index contributed by atoms with van der Waals surface area (Å²) >= 11 is 0. The van der Waals surface area contributed by atoms with Crippen LogP contribution >= 0.6 is 0 Å². The Bertz CT molecular complexity index is 618. The lowest BCUT2D eigenvalue weighted by Crippen LogP contribution is -2.32. The molecule has 0 saturated carbocycles. The summed E-state index contributed by atoms with van der Waals surface area (Å²) in [5.41, 5.74) is 3.42. The lowest BCUT2D eigenvalue weighted by atomic mass is 9.97. The molecule has 0 aromatic heterocycles. The Morgan fingerprint density at radius 3 is 2.50 bits per heavy atom. The molecule has 2 aromatic rings. The molecule has 2 N–H and O–H groups in total. The van der Waals surface area contributed by atoms with Crippen molar-refractivity contribution in [3.05, 3.63) is 71.3 Å². The summed E-state index contributed by atoms with van der Waals surface area (Å²) in [4.78, 5) is 0. The SMILES string of the molecule is CCOCCCNC[C@@H](O)CO[C@@H](c1ccccc1)c1ccccc1C. The third-order valence-corrected chi connectivity index (χ3v) is 4.25. The molecule has 2 aromatic carbocycles. The van der Waals surface area contributed by atoms with Gasteiger partial charge in [0.05, 0.1) is 12.7 Å². The van der Waals surface area contributed by atoms with Crippen molar-refractivity contribution < 1.29 is 14.6 Å². The summed E-state index contributed by atoms with van der Waals surface area (Å²) in [6.45, 7) is 7.21. The number of ether oxygens (including phenoxy) is 2. The van der Waals surface area contributed by atoms with E-state index in [0.717, 1.165) is 37.3 Å². The van der Waals surface area contributed by atoms with Gasteiger partial charge in [-0.05, 0) is 43.5 Å². The third kappa shape index (κ3) is 6.89. The van der Waals surface area contributed by atoms with E-state index in [1.807, 2.05) is 37.3 Å². The number of nitrogens with one attached hydrogen (secondary N) is 1. The molecule has 0 radical (unpaired) electrons. The number of hydrogen-bond acceptors (Lipinski definition) is 4. The Morgan fingerprint density at radius 2 is 1.77 bits per heavy atom. The first kappa shape index (κ1) is 20.6. The van der Waals surface area contributed by atoms with E-state index >= 15 is 0 Å². The summed E-state index contributed by atoms with van der Waals surface area (Å²) < 4.78 is 11.4. The Hall–Kier alpha value is -1.72. The Labute approximate surface area is 157 Å². The smallest absolute Gasteiger partial charge is 0.108 e. The third-order valence-electron chi connectivity index (χ3n) is 4.25. The van der Waals surface area contributed by atoms with Crippen LogP contribution in [0.1, 0.15) is 36.1 Å². The molecule has 142 valence electrons. The summed E-state index contributed by atoms with van der Waals surface area (Å²) in [6.07, 6.45) is 0.222. The average Bonchev–Trinajstić information content (AvgIpc) is 2.67. The molecule has 0 unspecified atom stereocenters. The Balaban J connectivity index is 1.89. The molecule has 4 heteroatoms. The van der Waals surface area contributed by atoms with Crippen molar-refractivity contribution in [3.8, 4) is 0 Å². The molecule has 2 atom stereocenters. The fraction of sp³-hybridized carbons (Fsp3) is 0.455. The van der Waals surface area contributed by atoms with Crippen molar-refractivity contribution in [2.45, 2.75) is 32.5 Å². The van der Waals surface area contributed by atoms with Gasteiger partial charge >= 0.3 is 0 Å². The predicted molar refractivity (Wildman–Crippen MR) is 105 cm³/mol. The van der Waals surface area contributed by atoms with Crippen LogP contribution in [0.15, 0.2) is 54.6 Å². The van der Waals surface area contributed by atoms with E-state index in [2.05, 4.69) is 36.5 Å². The molecule has 0 saturated heterocycles. The van der Waals surface area contributed by atoms with Gasteiger partial charge in [0.1, 0.15) is 6.10 Å². The molecule has 0 amide bonds. The maximum atomic E-state index is 10.2. The van der Waals surface area contributed by atoms with Crippen LogP contribution in [0, 0.1) is 6.92 Å². The number of aliphatic hydroxyl groups excluding tert-OH is 1. The lowest BCUT2D eigenvalue weighted by molar-refractivity contribution is 0.00626. The maximum Gasteiger partial charge on any atom is 0.108 e. The van der Waals surface area contributed by atoms with Crippen LogP contribution in [0.4, 0.5) is 0 Å². The molecule has 2 rings (SSSR count). The van der Waals surface area contributed by atoms with Gasteiger partial charge in [-0.1, -0.05) is 54.6 Å². The molecule has 0 aliphatic heterocycles. The molecule has 0 aliphatic rings. The van der Waals surface area contributed by atoms with Gasteiger partial charge in [0, 0.05) is 19.8 Å². The van der Waals surface area contributed by atoms with Gasteiger partial charge in [0.25, 0.3) is 0 Å². The second-order valence-corrected chi connectivity index (χ2v) is 6.39. The minimum atomic E-state index is -0.544. The van der Waals surface area contributed by atoms with Gasteiger partial charge in [-0.15, -0.1) is 0 Å². The molecule has 4 nitrogen and oxygen atoms in total.